The predicted molar refractivity (Wildman–Crippen MR) is 228 cm³/mol. The molecule has 66 heavy (non-hydrogen) atoms. The molecular formula is C42H52N4O20. The number of ether oxygens (including phenoxy) is 12. The van der Waals surface area contributed by atoms with Crippen molar-refractivity contribution in [3.8, 4) is 23.0 Å². The van der Waals surface area contributed by atoms with Crippen LogP contribution < -0.4 is 40.2 Å². The maximum atomic E-state index is 13.1. The lowest BCUT2D eigenvalue weighted by atomic mass is 10.1. The van der Waals surface area contributed by atoms with Gasteiger partial charge < -0.3 is 78.1 Å². The zero-order valence-electron chi connectivity index (χ0n) is 35.9. The fourth-order valence-electron chi connectivity index (χ4n) is 4.61. The van der Waals surface area contributed by atoms with E-state index in [9.17, 15) is 38.4 Å². The molecule has 0 fully saturated rings. The molecule has 0 aliphatic heterocycles. The van der Waals surface area contributed by atoms with Crippen molar-refractivity contribution in [3.05, 3.63) is 74.9 Å². The molecule has 2 rings (SSSR count). The van der Waals surface area contributed by atoms with E-state index in [4.69, 9.17) is 56.8 Å². The number of hydrogen-bond donors (Lipinski definition) is 4. The fourth-order valence-corrected chi connectivity index (χ4v) is 4.61. The number of rotatable bonds is 32. The van der Waals surface area contributed by atoms with E-state index in [0.717, 1.165) is 24.3 Å². The van der Waals surface area contributed by atoms with Crippen molar-refractivity contribution in [2.75, 3.05) is 105 Å². The molecule has 360 valence electrons. The van der Waals surface area contributed by atoms with Crippen molar-refractivity contribution in [1.82, 2.24) is 21.3 Å². The smallest absolute Gasteiger partial charge is 0.412 e. The van der Waals surface area contributed by atoms with Gasteiger partial charge in [0.15, 0.2) is 0 Å². The number of carbonyl (C=O) groups is 8. The van der Waals surface area contributed by atoms with Crippen LogP contribution in [0.5, 0.6) is 23.0 Å². The van der Waals surface area contributed by atoms with Crippen molar-refractivity contribution in [2.45, 2.75) is 0 Å². The van der Waals surface area contributed by atoms with Crippen LogP contribution in [0.4, 0.5) is 19.2 Å². The van der Waals surface area contributed by atoms with Crippen LogP contribution in [0.15, 0.2) is 74.9 Å². The number of amides is 4. The standard InChI is InChI=1S/C42H52N4O20/c1-5-33(47)59-25-21-55-17-13-43-39(51)63-29-9-10-31(65-41(53)45-15-19-57-23-27-61-35(49)7-3)38-32(66-42(54)46-16-20-58-24-28-62-36(50)8-4)12-11-30(37(29)38)64-40(52)44-14-18-56-22-26-60-34(48)6-2/h5-12H,1-4,13-28H2,(H,43,51)(H,44,52)(H,45,53)(H,46,54). The average Bonchev–Trinajstić information content (AvgIpc) is 3.30. The monoisotopic (exact) mass is 932 g/mol. The summed E-state index contributed by atoms with van der Waals surface area (Å²) in [6.45, 7) is 12.7. The van der Waals surface area contributed by atoms with Gasteiger partial charge in [-0.3, -0.25) is 0 Å². The zero-order valence-corrected chi connectivity index (χ0v) is 35.9. The molecular weight excluding hydrogens is 880 g/mol. The van der Waals surface area contributed by atoms with Crippen molar-refractivity contribution >= 4 is 59.0 Å². The van der Waals surface area contributed by atoms with Crippen LogP contribution in [-0.2, 0) is 57.1 Å². The number of hydrogen-bond acceptors (Lipinski definition) is 20. The molecule has 0 saturated heterocycles. The van der Waals surface area contributed by atoms with E-state index in [1.165, 1.54) is 24.3 Å². The summed E-state index contributed by atoms with van der Waals surface area (Å²) in [7, 11) is 0. The normalized spacial score (nSPS) is 10.2. The molecule has 2 aromatic rings. The Morgan fingerprint density at radius 1 is 0.348 bits per heavy atom. The minimum atomic E-state index is -1.02. The van der Waals surface area contributed by atoms with Crippen LogP contribution in [0, 0.1) is 0 Å². The van der Waals surface area contributed by atoms with Crippen LogP contribution in [0.1, 0.15) is 0 Å². The molecule has 0 aliphatic rings. The Labute approximate surface area is 378 Å². The van der Waals surface area contributed by atoms with Crippen LogP contribution in [-0.4, -0.2) is 154 Å². The van der Waals surface area contributed by atoms with Gasteiger partial charge in [-0.15, -0.1) is 0 Å². The van der Waals surface area contributed by atoms with E-state index < -0.39 is 48.3 Å². The first-order valence-corrected chi connectivity index (χ1v) is 19.8. The van der Waals surface area contributed by atoms with Gasteiger partial charge in [-0.25, -0.2) is 38.4 Å². The maximum Gasteiger partial charge on any atom is 0.412 e. The van der Waals surface area contributed by atoms with Gasteiger partial charge in [0.1, 0.15) is 49.4 Å². The summed E-state index contributed by atoms with van der Waals surface area (Å²) in [5, 5.41) is 9.50. The minimum Gasteiger partial charge on any atom is -0.460 e. The van der Waals surface area contributed by atoms with Gasteiger partial charge in [-0.1, -0.05) is 26.3 Å². The fraction of sp³-hybridized carbons (Fsp3) is 0.381. The van der Waals surface area contributed by atoms with E-state index in [-0.39, 0.29) is 139 Å². The zero-order chi connectivity index (χ0) is 48.4. The number of carbonyl (C=O) groups excluding carboxylic acids is 8. The second-order valence-corrected chi connectivity index (χ2v) is 12.1. The molecule has 0 saturated carbocycles. The van der Waals surface area contributed by atoms with Gasteiger partial charge >= 0.3 is 48.3 Å². The first-order chi connectivity index (χ1) is 31.9. The summed E-state index contributed by atoms with van der Waals surface area (Å²) in [5.74, 6) is -3.60. The second-order valence-electron chi connectivity index (χ2n) is 12.1. The molecule has 24 heteroatoms. The maximum absolute atomic E-state index is 13.1. The Bertz CT molecular complexity index is 1720. The summed E-state index contributed by atoms with van der Waals surface area (Å²) in [5.41, 5.74) is 0. The van der Waals surface area contributed by atoms with Gasteiger partial charge in [0.25, 0.3) is 0 Å². The molecule has 4 N–H and O–H groups in total. The number of nitrogens with one attached hydrogen (secondary N) is 4. The van der Waals surface area contributed by atoms with E-state index in [1.807, 2.05) is 0 Å². The number of fused-ring (bicyclic) bond motifs is 1. The molecule has 0 spiro atoms. The molecule has 0 aliphatic carbocycles. The summed E-state index contributed by atoms with van der Waals surface area (Å²) in [6.07, 6.45) is -0.0803. The third kappa shape index (κ3) is 23.2. The predicted octanol–water partition coefficient (Wildman–Crippen LogP) is 2.18. The quantitative estimate of drug-likeness (QED) is 0.0354. The van der Waals surface area contributed by atoms with Crippen LogP contribution in [0.25, 0.3) is 10.8 Å². The third-order valence-electron chi connectivity index (χ3n) is 7.44. The molecule has 0 bridgehead atoms. The lowest BCUT2D eigenvalue weighted by molar-refractivity contribution is -0.140. The second kappa shape index (κ2) is 33.0. The molecule has 24 nitrogen and oxygen atoms in total. The topological polar surface area (TPSA) is 295 Å². The molecule has 0 aromatic heterocycles. The molecule has 0 unspecified atom stereocenters. The van der Waals surface area contributed by atoms with Crippen molar-refractivity contribution < 1.29 is 95.2 Å². The minimum absolute atomic E-state index is 0.0176. The molecule has 0 radical (unpaired) electrons. The lowest BCUT2D eigenvalue weighted by Gasteiger charge is -2.18. The molecule has 0 heterocycles. The van der Waals surface area contributed by atoms with Gasteiger partial charge in [0, 0.05) is 50.5 Å². The van der Waals surface area contributed by atoms with Gasteiger partial charge in [0.05, 0.1) is 63.6 Å². The first-order valence-electron chi connectivity index (χ1n) is 19.8. The Balaban J connectivity index is 2.36. The highest BCUT2D eigenvalue weighted by molar-refractivity contribution is 6.05. The summed E-state index contributed by atoms with van der Waals surface area (Å²) >= 11 is 0. The van der Waals surface area contributed by atoms with Crippen molar-refractivity contribution in [2.24, 2.45) is 0 Å². The Hall–Kier alpha value is -7.54. The number of benzene rings is 2. The average molecular weight is 933 g/mol. The van der Waals surface area contributed by atoms with Gasteiger partial charge in [-0.2, -0.15) is 0 Å². The largest absolute Gasteiger partial charge is 0.460 e. The van der Waals surface area contributed by atoms with Crippen molar-refractivity contribution in [1.29, 1.82) is 0 Å². The van der Waals surface area contributed by atoms with E-state index in [0.29, 0.717) is 0 Å². The van der Waals surface area contributed by atoms with Crippen LogP contribution in [0.2, 0.25) is 0 Å². The summed E-state index contributed by atoms with van der Waals surface area (Å²) in [4.78, 5) is 97.0. The van der Waals surface area contributed by atoms with Crippen molar-refractivity contribution in [3.63, 3.8) is 0 Å². The third-order valence-corrected chi connectivity index (χ3v) is 7.44. The molecule has 0 atom stereocenters. The highest BCUT2D eigenvalue weighted by Crippen LogP contribution is 2.45. The van der Waals surface area contributed by atoms with E-state index in [2.05, 4.69) is 47.6 Å². The summed E-state index contributed by atoms with van der Waals surface area (Å²) < 4.78 is 63.0. The van der Waals surface area contributed by atoms with Gasteiger partial charge in [-0.05, 0) is 24.3 Å². The molecule has 4 amide bonds. The Morgan fingerprint density at radius 2 is 0.561 bits per heavy atom. The van der Waals surface area contributed by atoms with Gasteiger partial charge in [0.2, 0.25) is 0 Å². The summed E-state index contributed by atoms with van der Waals surface area (Å²) in [6, 6.07) is 4.86. The Morgan fingerprint density at radius 3 is 0.758 bits per heavy atom. The highest BCUT2D eigenvalue weighted by atomic mass is 16.6. The number of esters is 4. The lowest BCUT2D eigenvalue weighted by Crippen LogP contribution is -2.32. The highest BCUT2D eigenvalue weighted by Gasteiger charge is 2.24. The SMILES string of the molecule is C=CC(=O)OCCOCCNC(=O)Oc1ccc(OC(=O)NCCOCCOC(=O)C=C)c2c(OC(=O)NCCOCCOC(=O)C=C)ccc(OC(=O)NCCOCCOC(=O)C=C)c12. The van der Waals surface area contributed by atoms with Crippen LogP contribution in [0.3, 0.4) is 0 Å². The first kappa shape index (κ1) is 54.6. The van der Waals surface area contributed by atoms with Crippen LogP contribution >= 0.6 is 0 Å². The molecule has 2 aromatic carbocycles. The Kier molecular flexibility index (Phi) is 27.3. The van der Waals surface area contributed by atoms with E-state index >= 15 is 0 Å². The van der Waals surface area contributed by atoms with E-state index in [1.54, 1.807) is 0 Å².